The average molecular weight is 753 g/mol. The molecule has 6 fully saturated rings. The van der Waals surface area contributed by atoms with E-state index < -0.39 is 11.8 Å². The van der Waals surface area contributed by atoms with E-state index in [2.05, 4.69) is 46.8 Å². The molecular weight excluding hydrogens is 653 g/mol. The molecule has 320 valence electrons. The van der Waals surface area contributed by atoms with Crippen LogP contribution in [0.2, 0.25) is 0 Å². The molecule has 0 unspecified atom stereocenters. The van der Waals surface area contributed by atoms with Gasteiger partial charge >= 0.3 is 0 Å². The fourth-order valence-corrected chi connectivity index (χ4v) is 6.09. The second-order valence-corrected chi connectivity index (χ2v) is 15.9. The van der Waals surface area contributed by atoms with Gasteiger partial charge in [-0.25, -0.2) is 17.6 Å². The van der Waals surface area contributed by atoms with Crippen molar-refractivity contribution in [3.8, 4) is 0 Å². The van der Waals surface area contributed by atoms with Crippen LogP contribution in [0.4, 0.5) is 17.6 Å². The van der Waals surface area contributed by atoms with Crippen molar-refractivity contribution in [1.29, 1.82) is 0 Å². The lowest BCUT2D eigenvalue weighted by Gasteiger charge is -2.18. The third-order valence-corrected chi connectivity index (χ3v) is 10.0. The Kier molecular flexibility index (Phi) is 46.7. The number of rotatable bonds is 0. The molecule has 52 heavy (non-hydrogen) atoms. The Morgan fingerprint density at radius 1 is 0.385 bits per heavy atom. The molecule has 0 spiro atoms. The zero-order chi connectivity index (χ0) is 33.7. The summed E-state index contributed by atoms with van der Waals surface area (Å²) in [7, 11) is 0. The van der Waals surface area contributed by atoms with Crippen molar-refractivity contribution in [2.24, 2.45) is 35.5 Å². The Morgan fingerprint density at radius 2 is 0.673 bits per heavy atom. The van der Waals surface area contributed by atoms with Crippen molar-refractivity contribution in [3.05, 3.63) is 35.9 Å². The van der Waals surface area contributed by atoms with Crippen LogP contribution in [0.15, 0.2) is 30.3 Å². The normalized spacial score (nSPS) is 23.0. The summed E-state index contributed by atoms with van der Waals surface area (Å²) < 4.78 is 48.8. The number of alkyl halides is 4. The summed E-state index contributed by atoms with van der Waals surface area (Å²) >= 11 is 0. The Bertz CT molecular complexity index is 779. The number of halogens is 4. The van der Waals surface area contributed by atoms with E-state index in [1.54, 1.807) is 0 Å². The highest BCUT2D eigenvalue weighted by molar-refractivity contribution is 5.11. The third-order valence-electron chi connectivity index (χ3n) is 10.0. The summed E-state index contributed by atoms with van der Waals surface area (Å²) in [6.07, 6.45) is 22.6. The van der Waals surface area contributed by atoms with Gasteiger partial charge in [0.1, 0.15) is 0 Å². The summed E-state index contributed by atoms with van der Waals surface area (Å²) in [5.41, 5.74) is 1.32. The lowest BCUT2D eigenvalue weighted by Crippen LogP contribution is -2.08. The van der Waals surface area contributed by atoms with Crippen LogP contribution in [-0.2, 0) is 0 Å². The van der Waals surface area contributed by atoms with Crippen molar-refractivity contribution >= 4 is 0 Å². The Morgan fingerprint density at radius 3 is 0.769 bits per heavy atom. The van der Waals surface area contributed by atoms with Crippen molar-refractivity contribution in [2.45, 2.75) is 241 Å². The number of hydrogen-bond donors (Lipinski definition) is 0. The zero-order valence-corrected chi connectivity index (χ0v) is 30.5. The van der Waals surface area contributed by atoms with Crippen molar-refractivity contribution in [3.63, 3.8) is 0 Å². The molecule has 1 aromatic rings. The predicted molar refractivity (Wildman–Crippen MR) is 236 cm³/mol. The predicted octanol–water partition coefficient (Wildman–Crippen LogP) is 19.3. The minimum Gasteiger partial charge on any atom is -0.207 e. The molecule has 7 rings (SSSR count). The van der Waals surface area contributed by atoms with Crippen LogP contribution in [-0.4, -0.2) is 11.8 Å². The van der Waals surface area contributed by atoms with E-state index in [-0.39, 0.29) is 89.5 Å². The Hall–Kier alpha value is -1.06. The van der Waals surface area contributed by atoms with Crippen LogP contribution in [0.5, 0.6) is 0 Å². The minimum atomic E-state index is -2.33. The van der Waals surface area contributed by atoms with Crippen LogP contribution in [0.3, 0.4) is 0 Å². The lowest BCUT2D eigenvalue weighted by molar-refractivity contribution is 0.00506. The highest BCUT2D eigenvalue weighted by Gasteiger charge is 2.37. The van der Waals surface area contributed by atoms with Gasteiger partial charge in [-0.05, 0) is 55.3 Å². The SMILES string of the molecule is C.C.C.C.C.C.C.CC1CC1.CC1CCC1.CC1CCCC1.CC1CCCCC1.C[C@@H]1CCC(F)(F)C1.C[C@H]1CCC(F)(F)C1.Cc1ccccc1. The van der Waals surface area contributed by atoms with Crippen LogP contribution in [0.25, 0.3) is 0 Å². The second-order valence-electron chi connectivity index (χ2n) is 15.9. The van der Waals surface area contributed by atoms with Crippen LogP contribution < -0.4 is 0 Å². The minimum absolute atomic E-state index is 0. The number of benzene rings is 1. The van der Waals surface area contributed by atoms with Gasteiger partial charge in [0.05, 0.1) is 0 Å². The maximum Gasteiger partial charge on any atom is 0.248 e. The van der Waals surface area contributed by atoms with E-state index in [0.717, 1.165) is 23.7 Å². The summed E-state index contributed by atoms with van der Waals surface area (Å²) in [5.74, 6) is 0.0440. The van der Waals surface area contributed by atoms with E-state index in [4.69, 9.17) is 0 Å². The molecule has 6 aliphatic rings. The molecular formula is C48H100F4. The molecule has 0 N–H and O–H groups in total. The molecule has 0 aliphatic heterocycles. The smallest absolute Gasteiger partial charge is 0.207 e. The average Bonchev–Trinajstić information content (AvgIpc) is 3.29. The molecule has 4 heteroatoms. The fraction of sp³-hybridized carbons (Fsp3) is 0.875. The van der Waals surface area contributed by atoms with Crippen LogP contribution >= 0.6 is 0 Å². The monoisotopic (exact) mass is 753 g/mol. The summed E-state index contributed by atoms with van der Waals surface area (Å²) in [6.45, 7) is 15.1. The molecule has 0 nitrogen and oxygen atoms in total. The molecule has 0 heterocycles. The van der Waals surface area contributed by atoms with E-state index >= 15 is 0 Å². The van der Waals surface area contributed by atoms with E-state index in [0.29, 0.717) is 12.8 Å². The van der Waals surface area contributed by atoms with E-state index in [1.807, 2.05) is 32.0 Å². The highest BCUT2D eigenvalue weighted by atomic mass is 19.3. The molecule has 6 aliphatic carbocycles. The number of hydrogen-bond acceptors (Lipinski definition) is 0. The lowest BCUT2D eigenvalue weighted by atomic mass is 9.88. The molecule has 0 aromatic heterocycles. The molecule has 2 atom stereocenters. The molecule has 1 aromatic carbocycles. The van der Waals surface area contributed by atoms with Gasteiger partial charge < -0.3 is 0 Å². The largest absolute Gasteiger partial charge is 0.248 e. The fourth-order valence-electron chi connectivity index (χ4n) is 6.09. The first-order chi connectivity index (χ1) is 21.2. The van der Waals surface area contributed by atoms with Crippen LogP contribution in [0, 0.1) is 42.4 Å². The van der Waals surface area contributed by atoms with Crippen molar-refractivity contribution < 1.29 is 17.6 Å². The molecule has 0 radical (unpaired) electrons. The van der Waals surface area contributed by atoms with E-state index in [9.17, 15) is 17.6 Å². The van der Waals surface area contributed by atoms with Gasteiger partial charge in [-0.3, -0.25) is 0 Å². The summed E-state index contributed by atoms with van der Waals surface area (Å²) in [4.78, 5) is 0. The van der Waals surface area contributed by atoms with Crippen LogP contribution in [0.1, 0.15) is 228 Å². The second kappa shape index (κ2) is 36.9. The molecule has 0 bridgehead atoms. The maximum atomic E-state index is 12.2. The van der Waals surface area contributed by atoms with Gasteiger partial charge in [0, 0.05) is 25.7 Å². The molecule has 6 saturated carbocycles. The highest BCUT2D eigenvalue weighted by Crippen LogP contribution is 2.39. The number of aryl methyl sites for hydroxylation is 1. The molecule has 0 amide bonds. The Balaban J connectivity index is -0.0000000895. The van der Waals surface area contributed by atoms with Crippen molar-refractivity contribution in [2.75, 3.05) is 0 Å². The van der Waals surface area contributed by atoms with Crippen molar-refractivity contribution in [1.82, 2.24) is 0 Å². The summed E-state index contributed by atoms with van der Waals surface area (Å²) in [6, 6.07) is 10.3. The van der Waals surface area contributed by atoms with Gasteiger partial charge in [-0.15, -0.1) is 0 Å². The topological polar surface area (TPSA) is 0 Å². The standard InChI is InChI=1S/C7H14.C7H8.2C6H10F2.C6H12.C5H10.C4H8.7CH4/c2*1-7-5-3-2-4-6-7;2*1-5-2-3-6(7,8)4-5;1-6-4-2-3-5-6;1-5-3-2-4-5;1-4-2-3-4;;;;;;;/h7H,2-6H2,1H3;2-6H,1H3;2*5H,2-4H2,1H3;6H,2-5H2,1H3;5H,2-4H2,1H3;4H,2-3H2,1H3;7*1H4/t;;2*5-;;;;;;;;;;/m..10........../s1. The summed E-state index contributed by atoms with van der Waals surface area (Å²) in [5, 5.41) is 0. The zero-order valence-electron chi connectivity index (χ0n) is 30.5. The van der Waals surface area contributed by atoms with Gasteiger partial charge in [-0.2, -0.15) is 0 Å². The van der Waals surface area contributed by atoms with E-state index in [1.165, 1.54) is 95.5 Å². The first kappa shape index (κ1) is 65.8. The maximum absolute atomic E-state index is 12.2. The van der Waals surface area contributed by atoms with Gasteiger partial charge in [0.15, 0.2) is 0 Å². The Labute approximate surface area is 328 Å². The third kappa shape index (κ3) is 40.1. The quantitative estimate of drug-likeness (QED) is 0.232. The van der Waals surface area contributed by atoms with Gasteiger partial charge in [0.25, 0.3) is 0 Å². The van der Waals surface area contributed by atoms with Gasteiger partial charge in [0.2, 0.25) is 11.8 Å². The molecule has 0 saturated heterocycles. The first-order valence-corrected chi connectivity index (χ1v) is 18.9. The first-order valence-electron chi connectivity index (χ1n) is 18.9. The van der Waals surface area contributed by atoms with Gasteiger partial charge in [-0.1, -0.05) is 219 Å².